The molecule has 6 nitrogen and oxygen atoms in total. The molecular weight excluding hydrogens is 528 g/mol. The molecule has 1 aliphatic rings. The Bertz CT molecular complexity index is 1320. The van der Waals surface area contributed by atoms with E-state index in [1.165, 1.54) is 28.6 Å². The second kappa shape index (κ2) is 10.8. The molecule has 0 atom stereocenters. The Morgan fingerprint density at radius 1 is 0.886 bits per heavy atom. The van der Waals surface area contributed by atoms with Crippen molar-refractivity contribution in [2.75, 3.05) is 12.4 Å². The van der Waals surface area contributed by atoms with Crippen LogP contribution >= 0.6 is 15.9 Å². The molecule has 1 N–H and O–H groups in total. The fraction of sp³-hybridized carbons (Fsp3) is 0.259. The van der Waals surface area contributed by atoms with Gasteiger partial charge in [-0.2, -0.15) is 4.31 Å². The number of benzene rings is 3. The van der Waals surface area contributed by atoms with Crippen LogP contribution in [0, 0.1) is 0 Å². The maximum atomic E-state index is 13.1. The number of nitrogens with one attached hydrogen (secondary N) is 1. The molecule has 1 aliphatic carbocycles. The fourth-order valence-electron chi connectivity index (χ4n) is 4.34. The molecule has 182 valence electrons. The number of rotatable bonds is 7. The Morgan fingerprint density at radius 2 is 1.54 bits per heavy atom. The first-order valence-corrected chi connectivity index (χ1v) is 13.8. The number of hydrogen-bond donors (Lipinski definition) is 1. The summed E-state index contributed by atoms with van der Waals surface area (Å²) in [6, 6.07) is 19.8. The molecule has 0 saturated heterocycles. The molecule has 1 saturated carbocycles. The topological polar surface area (TPSA) is 83.6 Å². The molecule has 0 bridgehead atoms. The summed E-state index contributed by atoms with van der Waals surface area (Å²) in [6.07, 6.45) is 4.95. The lowest BCUT2D eigenvalue weighted by molar-refractivity contribution is 0.102. The van der Waals surface area contributed by atoms with E-state index in [9.17, 15) is 18.0 Å². The van der Waals surface area contributed by atoms with Crippen molar-refractivity contribution in [3.8, 4) is 0 Å². The number of anilines is 1. The lowest BCUT2D eigenvalue weighted by Gasteiger charge is -2.30. The van der Waals surface area contributed by atoms with Gasteiger partial charge in [0.25, 0.3) is 5.91 Å². The van der Waals surface area contributed by atoms with Crippen LogP contribution in [0.25, 0.3) is 0 Å². The molecule has 0 heterocycles. The van der Waals surface area contributed by atoms with Crippen LogP contribution in [0.3, 0.4) is 0 Å². The normalized spacial score (nSPS) is 14.6. The molecule has 35 heavy (non-hydrogen) atoms. The van der Waals surface area contributed by atoms with Crippen molar-refractivity contribution in [1.29, 1.82) is 0 Å². The number of halogens is 1. The van der Waals surface area contributed by atoms with E-state index >= 15 is 0 Å². The monoisotopic (exact) mass is 554 g/mol. The summed E-state index contributed by atoms with van der Waals surface area (Å²) in [7, 11) is -2.01. The van der Waals surface area contributed by atoms with Crippen LogP contribution in [0.15, 0.2) is 82.2 Å². The zero-order valence-electron chi connectivity index (χ0n) is 19.4. The van der Waals surface area contributed by atoms with Gasteiger partial charge in [0, 0.05) is 34.3 Å². The van der Waals surface area contributed by atoms with Gasteiger partial charge in [0.15, 0.2) is 5.78 Å². The standard InChI is InChI=1S/C27H27BrN2O4S/c1-30(22-10-6-3-7-11-22)35(33,34)23-15-12-20(13-16-23)27(32)29-25-17-14-21(28)18-24(25)26(31)19-8-4-2-5-9-19/h2,4-5,8-9,12-18,22H,3,6-7,10-11H2,1H3,(H,29,32). The van der Waals surface area contributed by atoms with E-state index in [2.05, 4.69) is 21.2 Å². The molecule has 1 fully saturated rings. The third-order valence-electron chi connectivity index (χ3n) is 6.39. The summed E-state index contributed by atoms with van der Waals surface area (Å²) in [4.78, 5) is 26.2. The first-order valence-electron chi connectivity index (χ1n) is 11.6. The molecule has 8 heteroatoms. The van der Waals surface area contributed by atoms with E-state index in [1.807, 2.05) is 6.07 Å². The minimum Gasteiger partial charge on any atom is -0.321 e. The minimum atomic E-state index is -3.64. The quantitative estimate of drug-likeness (QED) is 0.369. The number of ketones is 1. The van der Waals surface area contributed by atoms with Crippen LogP contribution in [0.2, 0.25) is 0 Å². The predicted octanol–water partition coefficient (Wildman–Crippen LogP) is 5.89. The molecule has 0 radical (unpaired) electrons. The van der Waals surface area contributed by atoms with Crippen molar-refractivity contribution < 1.29 is 18.0 Å². The summed E-state index contributed by atoms with van der Waals surface area (Å²) < 4.78 is 28.3. The first-order chi connectivity index (χ1) is 16.8. The van der Waals surface area contributed by atoms with Crippen LogP contribution in [0.5, 0.6) is 0 Å². The predicted molar refractivity (Wildman–Crippen MR) is 140 cm³/mol. The summed E-state index contributed by atoms with van der Waals surface area (Å²) in [6.45, 7) is 0. The number of amides is 1. The average molecular weight is 555 g/mol. The molecule has 3 aromatic rings. The third kappa shape index (κ3) is 5.72. The van der Waals surface area contributed by atoms with Gasteiger partial charge in [-0.1, -0.05) is 65.5 Å². The highest BCUT2D eigenvalue weighted by atomic mass is 79.9. The van der Waals surface area contributed by atoms with Crippen LogP contribution in [0.1, 0.15) is 58.4 Å². The van der Waals surface area contributed by atoms with Gasteiger partial charge in [-0.3, -0.25) is 9.59 Å². The Labute approximate surface area is 214 Å². The lowest BCUT2D eigenvalue weighted by Crippen LogP contribution is -2.38. The van der Waals surface area contributed by atoms with Gasteiger partial charge in [0.2, 0.25) is 10.0 Å². The van der Waals surface area contributed by atoms with Gasteiger partial charge in [-0.15, -0.1) is 0 Å². The minimum absolute atomic E-state index is 0.00898. The van der Waals surface area contributed by atoms with Crippen LogP contribution in [-0.4, -0.2) is 37.5 Å². The van der Waals surface area contributed by atoms with Gasteiger partial charge >= 0.3 is 0 Å². The fourth-order valence-corrected chi connectivity index (χ4v) is 6.12. The molecule has 0 unspecified atom stereocenters. The van der Waals surface area contributed by atoms with Crippen molar-refractivity contribution in [1.82, 2.24) is 4.31 Å². The average Bonchev–Trinajstić information content (AvgIpc) is 2.89. The van der Waals surface area contributed by atoms with Gasteiger partial charge in [0.1, 0.15) is 0 Å². The van der Waals surface area contributed by atoms with E-state index in [1.54, 1.807) is 49.5 Å². The molecular formula is C27H27BrN2O4S. The van der Waals surface area contributed by atoms with E-state index in [0.717, 1.165) is 32.1 Å². The molecule has 1 amide bonds. The summed E-state index contributed by atoms with van der Waals surface area (Å²) in [5.41, 5.74) is 1.54. The summed E-state index contributed by atoms with van der Waals surface area (Å²) in [5, 5.41) is 2.80. The highest BCUT2D eigenvalue weighted by molar-refractivity contribution is 9.10. The van der Waals surface area contributed by atoms with Crippen molar-refractivity contribution in [3.63, 3.8) is 0 Å². The number of nitrogens with zero attached hydrogens (tertiary/aromatic N) is 1. The number of sulfonamides is 1. The molecule has 4 rings (SSSR count). The Morgan fingerprint density at radius 3 is 2.20 bits per heavy atom. The maximum Gasteiger partial charge on any atom is 0.255 e. The molecule has 0 aromatic heterocycles. The lowest BCUT2D eigenvalue weighted by atomic mass is 9.96. The summed E-state index contributed by atoms with van der Waals surface area (Å²) in [5.74, 6) is -0.645. The van der Waals surface area contributed by atoms with E-state index in [0.29, 0.717) is 26.9 Å². The highest BCUT2D eigenvalue weighted by Crippen LogP contribution is 2.27. The third-order valence-corrected chi connectivity index (χ3v) is 8.81. The van der Waals surface area contributed by atoms with Gasteiger partial charge < -0.3 is 5.32 Å². The zero-order chi connectivity index (χ0) is 25.0. The van der Waals surface area contributed by atoms with E-state index in [4.69, 9.17) is 0 Å². The Balaban J connectivity index is 1.53. The molecule has 3 aromatic carbocycles. The smallest absolute Gasteiger partial charge is 0.255 e. The molecule has 0 spiro atoms. The van der Waals surface area contributed by atoms with Crippen molar-refractivity contribution in [2.24, 2.45) is 0 Å². The van der Waals surface area contributed by atoms with E-state index in [-0.39, 0.29) is 16.7 Å². The van der Waals surface area contributed by atoms with E-state index < -0.39 is 15.9 Å². The van der Waals surface area contributed by atoms with Gasteiger partial charge in [0.05, 0.1) is 10.6 Å². The number of hydrogen-bond acceptors (Lipinski definition) is 4. The second-order valence-electron chi connectivity index (χ2n) is 8.68. The van der Waals surface area contributed by atoms with Crippen LogP contribution in [0.4, 0.5) is 5.69 Å². The first kappa shape index (κ1) is 25.3. The van der Waals surface area contributed by atoms with Crippen LogP contribution in [-0.2, 0) is 10.0 Å². The Hall–Kier alpha value is -2.81. The maximum absolute atomic E-state index is 13.1. The van der Waals surface area contributed by atoms with Crippen LogP contribution < -0.4 is 5.32 Å². The second-order valence-corrected chi connectivity index (χ2v) is 11.6. The number of carbonyl (C=O) groups excluding carboxylic acids is 2. The van der Waals surface area contributed by atoms with Crippen molar-refractivity contribution in [3.05, 3.63) is 94.0 Å². The highest BCUT2D eigenvalue weighted by Gasteiger charge is 2.29. The van der Waals surface area contributed by atoms with Gasteiger partial charge in [-0.05, 0) is 55.3 Å². The zero-order valence-corrected chi connectivity index (χ0v) is 21.8. The summed E-state index contributed by atoms with van der Waals surface area (Å²) >= 11 is 3.39. The van der Waals surface area contributed by atoms with Crippen molar-refractivity contribution in [2.45, 2.75) is 43.0 Å². The number of carbonyl (C=O) groups is 2. The van der Waals surface area contributed by atoms with Crippen molar-refractivity contribution >= 4 is 43.3 Å². The molecule has 0 aliphatic heterocycles. The SMILES string of the molecule is CN(C1CCCCC1)S(=O)(=O)c1ccc(C(=O)Nc2ccc(Br)cc2C(=O)c2ccccc2)cc1. The van der Waals surface area contributed by atoms with Gasteiger partial charge in [-0.25, -0.2) is 8.42 Å². The largest absolute Gasteiger partial charge is 0.321 e. The Kier molecular flexibility index (Phi) is 7.84.